The van der Waals surface area contributed by atoms with E-state index in [1.54, 1.807) is 0 Å². The van der Waals surface area contributed by atoms with Crippen molar-refractivity contribution in [1.29, 1.82) is 0 Å². The number of ketones is 1. The van der Waals surface area contributed by atoms with Crippen molar-refractivity contribution in [3.05, 3.63) is 65.2 Å². The number of piperidine rings is 1. The molecule has 0 N–H and O–H groups in total. The van der Waals surface area contributed by atoms with Gasteiger partial charge in [-0.25, -0.2) is 0 Å². The Morgan fingerprint density at radius 3 is 2.24 bits per heavy atom. The van der Waals surface area contributed by atoms with Crippen molar-refractivity contribution in [1.82, 2.24) is 0 Å². The fraction of sp³-hybridized carbons (Fsp3) is 0.435. The maximum Gasteiger partial charge on any atom is 0.166 e. The number of hydrogen-bond donors (Lipinski definition) is 0. The van der Waals surface area contributed by atoms with Crippen LogP contribution < -0.4 is 4.90 Å². The van der Waals surface area contributed by atoms with Crippen molar-refractivity contribution >= 4 is 11.5 Å². The summed E-state index contributed by atoms with van der Waals surface area (Å²) in [7, 11) is 0. The zero-order valence-electron chi connectivity index (χ0n) is 15.9. The Hall–Kier alpha value is -2.09. The second-order valence-electron chi connectivity index (χ2n) is 8.26. The van der Waals surface area contributed by atoms with Gasteiger partial charge in [-0.3, -0.25) is 4.79 Å². The van der Waals surface area contributed by atoms with Crippen LogP contribution in [0.25, 0.3) is 0 Å². The summed E-state index contributed by atoms with van der Waals surface area (Å²) in [5.41, 5.74) is 5.01. The molecule has 0 amide bonds. The van der Waals surface area contributed by atoms with Gasteiger partial charge in [-0.2, -0.15) is 0 Å². The number of benzene rings is 2. The van der Waals surface area contributed by atoms with E-state index >= 15 is 0 Å². The van der Waals surface area contributed by atoms with Crippen molar-refractivity contribution in [2.24, 2.45) is 5.92 Å². The van der Waals surface area contributed by atoms with E-state index in [4.69, 9.17) is 0 Å². The molecule has 1 aliphatic rings. The minimum Gasteiger partial charge on any atom is -0.371 e. The summed E-state index contributed by atoms with van der Waals surface area (Å²) < 4.78 is 0. The van der Waals surface area contributed by atoms with Crippen LogP contribution >= 0.6 is 0 Å². The lowest BCUT2D eigenvalue weighted by atomic mass is 9.83. The normalized spacial score (nSPS) is 16.1. The van der Waals surface area contributed by atoms with Crippen LogP contribution in [0.5, 0.6) is 0 Å². The lowest BCUT2D eigenvalue weighted by Gasteiger charge is -2.36. The molecule has 0 aromatic heterocycles. The van der Waals surface area contributed by atoms with Gasteiger partial charge in [-0.05, 0) is 42.4 Å². The van der Waals surface area contributed by atoms with E-state index in [9.17, 15) is 4.79 Å². The van der Waals surface area contributed by atoms with E-state index in [0.29, 0.717) is 5.78 Å². The first kappa shape index (κ1) is 17.7. The van der Waals surface area contributed by atoms with Gasteiger partial charge in [0.15, 0.2) is 5.78 Å². The number of anilines is 1. The quantitative estimate of drug-likeness (QED) is 0.701. The SMILES string of the molecule is Cc1ccc(C(C)(C)C)c(N2CCC(C(=O)c3ccccc3)CC2)c1. The van der Waals surface area contributed by atoms with Gasteiger partial charge < -0.3 is 4.90 Å². The average Bonchev–Trinajstić information content (AvgIpc) is 2.61. The zero-order chi connectivity index (χ0) is 18.0. The number of nitrogens with zero attached hydrogens (tertiary/aromatic N) is 1. The predicted molar refractivity (Wildman–Crippen MR) is 106 cm³/mol. The van der Waals surface area contributed by atoms with E-state index in [0.717, 1.165) is 31.5 Å². The van der Waals surface area contributed by atoms with E-state index in [1.807, 2.05) is 30.3 Å². The smallest absolute Gasteiger partial charge is 0.166 e. The Bertz CT molecular complexity index is 734. The van der Waals surface area contributed by atoms with Crippen molar-refractivity contribution in [2.45, 2.75) is 46.0 Å². The Balaban J connectivity index is 1.75. The number of carbonyl (C=O) groups excluding carboxylic acids is 1. The fourth-order valence-corrected chi connectivity index (χ4v) is 3.76. The molecule has 1 fully saturated rings. The minimum absolute atomic E-state index is 0.125. The van der Waals surface area contributed by atoms with Crippen LogP contribution in [-0.2, 0) is 5.41 Å². The molecule has 132 valence electrons. The van der Waals surface area contributed by atoms with Gasteiger partial charge in [0.2, 0.25) is 0 Å². The first-order chi connectivity index (χ1) is 11.9. The molecule has 0 bridgehead atoms. The average molecular weight is 335 g/mol. The molecule has 0 spiro atoms. The van der Waals surface area contributed by atoms with Crippen molar-refractivity contribution < 1.29 is 4.79 Å². The van der Waals surface area contributed by atoms with Gasteiger partial charge in [0.25, 0.3) is 0 Å². The standard InChI is InChI=1S/C23H29NO/c1-17-10-11-20(23(2,3)4)21(16-17)24-14-12-19(13-15-24)22(25)18-8-6-5-7-9-18/h5-11,16,19H,12-15H2,1-4H3. The Kier molecular flexibility index (Phi) is 4.99. The topological polar surface area (TPSA) is 20.3 Å². The Labute approximate surface area is 151 Å². The van der Waals surface area contributed by atoms with Gasteiger partial charge >= 0.3 is 0 Å². The van der Waals surface area contributed by atoms with Gasteiger partial charge in [0, 0.05) is 30.3 Å². The minimum atomic E-state index is 0.125. The summed E-state index contributed by atoms with van der Waals surface area (Å²) in [6.07, 6.45) is 1.87. The van der Waals surface area contributed by atoms with Crippen LogP contribution in [0.2, 0.25) is 0 Å². The molecule has 2 aromatic carbocycles. The summed E-state index contributed by atoms with van der Waals surface area (Å²) in [6, 6.07) is 16.5. The first-order valence-electron chi connectivity index (χ1n) is 9.31. The van der Waals surface area contributed by atoms with Gasteiger partial charge in [-0.1, -0.05) is 63.2 Å². The van der Waals surface area contributed by atoms with E-state index < -0.39 is 0 Å². The van der Waals surface area contributed by atoms with Crippen LogP contribution in [0.15, 0.2) is 48.5 Å². The molecule has 0 unspecified atom stereocenters. The molecule has 1 aliphatic heterocycles. The molecular weight excluding hydrogens is 306 g/mol. The molecule has 0 saturated carbocycles. The maximum atomic E-state index is 12.7. The van der Waals surface area contributed by atoms with E-state index in [-0.39, 0.29) is 11.3 Å². The molecule has 2 nitrogen and oxygen atoms in total. The predicted octanol–water partition coefficient (Wildman–Crippen LogP) is 5.39. The lowest BCUT2D eigenvalue weighted by Crippen LogP contribution is -2.37. The molecule has 3 rings (SSSR count). The molecule has 0 atom stereocenters. The van der Waals surface area contributed by atoms with Crippen LogP contribution in [0.3, 0.4) is 0 Å². The molecule has 25 heavy (non-hydrogen) atoms. The number of aryl methyl sites for hydroxylation is 1. The first-order valence-corrected chi connectivity index (χ1v) is 9.31. The van der Waals surface area contributed by atoms with Gasteiger partial charge in [-0.15, -0.1) is 0 Å². The second kappa shape index (κ2) is 7.03. The van der Waals surface area contributed by atoms with Crippen LogP contribution in [-0.4, -0.2) is 18.9 Å². The third kappa shape index (κ3) is 3.95. The Morgan fingerprint density at radius 1 is 1.00 bits per heavy atom. The van der Waals surface area contributed by atoms with Crippen molar-refractivity contribution in [3.63, 3.8) is 0 Å². The van der Waals surface area contributed by atoms with Crippen molar-refractivity contribution in [2.75, 3.05) is 18.0 Å². The largest absolute Gasteiger partial charge is 0.371 e. The maximum absolute atomic E-state index is 12.7. The zero-order valence-corrected chi connectivity index (χ0v) is 15.9. The highest BCUT2D eigenvalue weighted by Gasteiger charge is 2.28. The monoisotopic (exact) mass is 335 g/mol. The van der Waals surface area contributed by atoms with E-state index in [1.165, 1.54) is 16.8 Å². The summed E-state index contributed by atoms with van der Waals surface area (Å²) >= 11 is 0. The van der Waals surface area contributed by atoms with Gasteiger partial charge in [0.1, 0.15) is 0 Å². The highest BCUT2D eigenvalue weighted by molar-refractivity contribution is 5.98. The fourth-order valence-electron chi connectivity index (χ4n) is 3.76. The van der Waals surface area contributed by atoms with Crippen LogP contribution in [0.1, 0.15) is 55.1 Å². The second-order valence-corrected chi connectivity index (χ2v) is 8.26. The third-order valence-corrected chi connectivity index (χ3v) is 5.23. The number of Topliss-reactive ketones (excluding diaryl/α,β-unsaturated/α-hetero) is 1. The third-order valence-electron chi connectivity index (χ3n) is 5.23. The molecule has 2 aromatic rings. The Morgan fingerprint density at radius 2 is 1.64 bits per heavy atom. The van der Waals surface area contributed by atoms with E-state index in [2.05, 4.69) is 50.8 Å². The van der Waals surface area contributed by atoms with Crippen molar-refractivity contribution in [3.8, 4) is 0 Å². The highest BCUT2D eigenvalue weighted by Crippen LogP contribution is 2.35. The summed E-state index contributed by atoms with van der Waals surface area (Å²) in [4.78, 5) is 15.2. The lowest BCUT2D eigenvalue weighted by molar-refractivity contribution is 0.0900. The molecule has 1 saturated heterocycles. The molecule has 0 aliphatic carbocycles. The summed E-state index contributed by atoms with van der Waals surface area (Å²) in [5.74, 6) is 0.460. The number of rotatable bonds is 3. The summed E-state index contributed by atoms with van der Waals surface area (Å²) in [6.45, 7) is 10.9. The molecular formula is C23H29NO. The summed E-state index contributed by atoms with van der Waals surface area (Å²) in [5, 5.41) is 0. The van der Waals surface area contributed by atoms with Gasteiger partial charge in [0.05, 0.1) is 0 Å². The highest BCUT2D eigenvalue weighted by atomic mass is 16.1. The van der Waals surface area contributed by atoms with Crippen LogP contribution in [0.4, 0.5) is 5.69 Å². The number of carbonyl (C=O) groups is 1. The molecule has 2 heteroatoms. The molecule has 1 heterocycles. The van der Waals surface area contributed by atoms with Crippen LogP contribution in [0, 0.1) is 12.8 Å². The molecule has 0 radical (unpaired) electrons. The number of hydrogen-bond acceptors (Lipinski definition) is 2.